The number of quaternary nitrogens is 1. The van der Waals surface area contributed by atoms with Gasteiger partial charge in [0.1, 0.15) is 11.8 Å². The van der Waals surface area contributed by atoms with Crippen molar-refractivity contribution in [2.75, 3.05) is 27.2 Å². The molecule has 0 fully saturated rings. The van der Waals surface area contributed by atoms with E-state index in [0.717, 1.165) is 0 Å². The zero-order valence-corrected chi connectivity index (χ0v) is 15.2. The van der Waals surface area contributed by atoms with E-state index in [-0.39, 0.29) is 18.6 Å². The molecule has 1 atom stereocenters. The average molecular weight is 368 g/mol. The van der Waals surface area contributed by atoms with Gasteiger partial charge in [-0.25, -0.2) is 0 Å². The van der Waals surface area contributed by atoms with Gasteiger partial charge in [0.15, 0.2) is 6.61 Å². The first-order chi connectivity index (χ1) is 11.5. The third-order valence-electron chi connectivity index (χ3n) is 3.65. The van der Waals surface area contributed by atoms with Crippen molar-refractivity contribution in [3.05, 3.63) is 64.1 Å². The fourth-order valence-corrected chi connectivity index (χ4v) is 2.81. The molecule has 2 rings (SSSR count). The van der Waals surface area contributed by atoms with Crippen LogP contribution in [-0.2, 0) is 4.79 Å². The molecule has 2 aromatic rings. The first-order valence-electron chi connectivity index (χ1n) is 7.67. The van der Waals surface area contributed by atoms with E-state index in [0.29, 0.717) is 22.3 Å². The minimum absolute atomic E-state index is 0.0916. The zero-order valence-electron chi connectivity index (χ0n) is 13.7. The second kappa shape index (κ2) is 8.92. The third kappa shape index (κ3) is 5.41. The maximum atomic E-state index is 12.0. The van der Waals surface area contributed by atoms with Gasteiger partial charge in [-0.2, -0.15) is 0 Å². The van der Waals surface area contributed by atoms with Crippen LogP contribution < -0.4 is 15.0 Å². The van der Waals surface area contributed by atoms with Crippen LogP contribution in [0.1, 0.15) is 11.6 Å². The van der Waals surface area contributed by atoms with Gasteiger partial charge >= 0.3 is 0 Å². The highest BCUT2D eigenvalue weighted by Gasteiger charge is 2.18. The Morgan fingerprint density at radius 3 is 2.50 bits per heavy atom. The summed E-state index contributed by atoms with van der Waals surface area (Å²) in [7, 11) is 4.13. The quantitative estimate of drug-likeness (QED) is 0.788. The summed E-state index contributed by atoms with van der Waals surface area (Å²) in [6.07, 6.45) is 0. The molecule has 24 heavy (non-hydrogen) atoms. The number of likely N-dealkylation sites (N-methyl/N-ethyl adjacent to an activating group) is 1. The Labute approximate surface area is 152 Å². The molecule has 2 aromatic carbocycles. The topological polar surface area (TPSA) is 42.8 Å². The molecule has 0 saturated carbocycles. The van der Waals surface area contributed by atoms with Crippen LogP contribution >= 0.6 is 23.2 Å². The summed E-state index contributed by atoms with van der Waals surface area (Å²) in [5, 5.41) is 3.82. The first-order valence-corrected chi connectivity index (χ1v) is 8.42. The number of ether oxygens (including phenoxy) is 1. The van der Waals surface area contributed by atoms with Crippen molar-refractivity contribution in [2.24, 2.45) is 0 Å². The Kier molecular flexibility index (Phi) is 6.91. The number of carbonyl (C=O) groups is 1. The number of carbonyl (C=O) groups excluding carboxylic acids is 1. The van der Waals surface area contributed by atoms with Crippen molar-refractivity contribution in [3.8, 4) is 5.75 Å². The Morgan fingerprint density at radius 2 is 1.88 bits per heavy atom. The number of amides is 1. The monoisotopic (exact) mass is 367 g/mol. The summed E-state index contributed by atoms with van der Waals surface area (Å²) in [4.78, 5) is 13.3. The van der Waals surface area contributed by atoms with Gasteiger partial charge in [-0.05, 0) is 18.2 Å². The maximum absolute atomic E-state index is 12.0. The molecule has 0 aliphatic rings. The lowest BCUT2D eigenvalue weighted by molar-refractivity contribution is -0.890. The second-order valence-electron chi connectivity index (χ2n) is 5.71. The Bertz CT molecular complexity index is 678. The van der Waals surface area contributed by atoms with Crippen molar-refractivity contribution in [3.63, 3.8) is 0 Å². The van der Waals surface area contributed by atoms with E-state index in [4.69, 9.17) is 27.9 Å². The van der Waals surface area contributed by atoms with Gasteiger partial charge in [0.2, 0.25) is 0 Å². The Hall–Kier alpha value is -1.75. The largest absolute Gasteiger partial charge is 0.482 e. The molecule has 1 amide bonds. The fraction of sp³-hybridized carbons (Fsp3) is 0.278. The van der Waals surface area contributed by atoms with Gasteiger partial charge in [0.05, 0.1) is 25.7 Å². The highest BCUT2D eigenvalue weighted by molar-refractivity contribution is 6.35. The summed E-state index contributed by atoms with van der Waals surface area (Å²) >= 11 is 11.8. The Balaban J connectivity index is 1.87. The van der Waals surface area contributed by atoms with E-state index in [1.807, 2.05) is 18.2 Å². The molecule has 0 unspecified atom stereocenters. The molecule has 0 saturated heterocycles. The van der Waals surface area contributed by atoms with Gasteiger partial charge in [-0.1, -0.05) is 53.5 Å². The molecular weight excluding hydrogens is 347 g/mol. The van der Waals surface area contributed by atoms with E-state index < -0.39 is 0 Å². The standard InChI is InChI=1S/C18H20Cl2N2O2/c1-22(2)16(13-6-4-3-5-7-13)11-21-18(23)12-24-17-9-8-14(19)10-15(17)20/h3-10,16H,11-12H2,1-2H3,(H,21,23)/p+1/t16-/m1/s1. The number of halogens is 2. The van der Waals surface area contributed by atoms with E-state index in [1.54, 1.807) is 18.2 Å². The predicted octanol–water partition coefficient (Wildman–Crippen LogP) is 2.37. The number of hydrogen-bond acceptors (Lipinski definition) is 2. The lowest BCUT2D eigenvalue weighted by Crippen LogP contribution is -3.07. The van der Waals surface area contributed by atoms with Crippen molar-refractivity contribution in [1.82, 2.24) is 5.32 Å². The lowest BCUT2D eigenvalue weighted by atomic mass is 10.1. The summed E-state index contributed by atoms with van der Waals surface area (Å²) in [5.41, 5.74) is 1.18. The molecule has 0 aromatic heterocycles. The molecule has 0 spiro atoms. The van der Waals surface area contributed by atoms with E-state index >= 15 is 0 Å². The van der Waals surface area contributed by atoms with Crippen LogP contribution in [0.25, 0.3) is 0 Å². The number of rotatable bonds is 7. The number of hydrogen-bond donors (Lipinski definition) is 2. The highest BCUT2D eigenvalue weighted by atomic mass is 35.5. The van der Waals surface area contributed by atoms with Crippen molar-refractivity contribution < 1.29 is 14.4 Å². The van der Waals surface area contributed by atoms with Crippen LogP contribution in [0.3, 0.4) is 0 Å². The van der Waals surface area contributed by atoms with Crippen LogP contribution in [0.4, 0.5) is 0 Å². The van der Waals surface area contributed by atoms with E-state index in [9.17, 15) is 4.79 Å². The lowest BCUT2D eigenvalue weighted by Gasteiger charge is -2.22. The van der Waals surface area contributed by atoms with Crippen LogP contribution in [0.2, 0.25) is 10.0 Å². The third-order valence-corrected chi connectivity index (χ3v) is 4.19. The maximum Gasteiger partial charge on any atom is 0.258 e. The molecule has 0 bridgehead atoms. The summed E-state index contributed by atoms with van der Waals surface area (Å²) < 4.78 is 5.44. The Morgan fingerprint density at radius 1 is 1.17 bits per heavy atom. The van der Waals surface area contributed by atoms with E-state index in [2.05, 4.69) is 31.5 Å². The molecule has 0 radical (unpaired) electrons. The smallest absolute Gasteiger partial charge is 0.258 e. The molecule has 0 aliphatic heterocycles. The molecule has 6 heteroatoms. The minimum Gasteiger partial charge on any atom is -0.482 e. The number of benzene rings is 2. The van der Waals surface area contributed by atoms with Gasteiger partial charge < -0.3 is 15.0 Å². The normalized spacial score (nSPS) is 12.0. The van der Waals surface area contributed by atoms with Crippen LogP contribution in [0.5, 0.6) is 5.75 Å². The van der Waals surface area contributed by atoms with Crippen LogP contribution in [-0.4, -0.2) is 33.2 Å². The molecule has 0 heterocycles. The average Bonchev–Trinajstić information content (AvgIpc) is 2.55. The molecule has 128 valence electrons. The number of nitrogens with one attached hydrogen (secondary N) is 2. The predicted molar refractivity (Wildman–Crippen MR) is 97.0 cm³/mol. The summed E-state index contributed by atoms with van der Waals surface area (Å²) in [5.74, 6) is 0.247. The van der Waals surface area contributed by atoms with Crippen molar-refractivity contribution >= 4 is 29.1 Å². The van der Waals surface area contributed by atoms with E-state index in [1.165, 1.54) is 10.5 Å². The molecule has 2 N–H and O–H groups in total. The van der Waals surface area contributed by atoms with Crippen LogP contribution in [0.15, 0.2) is 48.5 Å². The second-order valence-corrected chi connectivity index (χ2v) is 6.55. The molecule has 0 aliphatic carbocycles. The van der Waals surface area contributed by atoms with Crippen LogP contribution in [0, 0.1) is 0 Å². The summed E-state index contributed by atoms with van der Waals surface area (Å²) in [6, 6.07) is 15.2. The molecular formula is C18H21Cl2N2O2+. The summed E-state index contributed by atoms with van der Waals surface area (Å²) in [6.45, 7) is 0.439. The van der Waals surface area contributed by atoms with Gasteiger partial charge in [-0.3, -0.25) is 4.79 Å². The highest BCUT2D eigenvalue weighted by Crippen LogP contribution is 2.27. The van der Waals surface area contributed by atoms with Gasteiger partial charge in [-0.15, -0.1) is 0 Å². The van der Waals surface area contributed by atoms with Crippen molar-refractivity contribution in [1.29, 1.82) is 0 Å². The first kappa shape index (κ1) is 18.6. The van der Waals surface area contributed by atoms with Crippen molar-refractivity contribution in [2.45, 2.75) is 6.04 Å². The SMILES string of the molecule is C[NH+](C)[C@H](CNC(=O)COc1ccc(Cl)cc1Cl)c1ccccc1. The minimum atomic E-state index is -0.191. The zero-order chi connectivity index (χ0) is 17.5. The fourth-order valence-electron chi connectivity index (χ4n) is 2.34. The van der Waals surface area contributed by atoms with Gasteiger partial charge in [0.25, 0.3) is 5.91 Å². The van der Waals surface area contributed by atoms with Gasteiger partial charge in [0, 0.05) is 10.6 Å². The molecule has 4 nitrogen and oxygen atoms in total.